The van der Waals surface area contributed by atoms with Crippen molar-refractivity contribution in [2.45, 2.75) is 20.3 Å². The summed E-state index contributed by atoms with van der Waals surface area (Å²) < 4.78 is 0. The predicted octanol–water partition coefficient (Wildman–Crippen LogP) is 0.444. The lowest BCUT2D eigenvalue weighted by Crippen LogP contribution is -2.52. The van der Waals surface area contributed by atoms with Gasteiger partial charge in [0.25, 0.3) is 0 Å². The van der Waals surface area contributed by atoms with Crippen LogP contribution in [0, 0.1) is 11.3 Å². The van der Waals surface area contributed by atoms with Gasteiger partial charge in [0.15, 0.2) is 0 Å². The molecule has 108 valence electrons. The molecule has 2 rings (SSSR count). The zero-order chi connectivity index (χ0) is 14.0. The topological polar surface area (TPSA) is 72.9 Å². The Hall–Kier alpha value is -1.30. The third-order valence-electron chi connectivity index (χ3n) is 4.49. The number of piperazine rings is 1. The van der Waals surface area contributed by atoms with E-state index in [1.54, 1.807) is 4.90 Å². The molecule has 0 aromatic carbocycles. The van der Waals surface area contributed by atoms with Gasteiger partial charge in [0.2, 0.25) is 0 Å². The standard InChI is InChI=1S/C13H23N3O3/c1-10(2)13(11(17)18)3-6-16(9-13)12(19)15-7-4-14-5-8-15/h10,14H,3-9H2,1-2H3,(H,17,18). The molecule has 0 aliphatic carbocycles. The van der Waals surface area contributed by atoms with Crippen molar-refractivity contribution in [3.8, 4) is 0 Å². The molecule has 6 nitrogen and oxygen atoms in total. The van der Waals surface area contributed by atoms with Crippen molar-refractivity contribution in [1.29, 1.82) is 0 Å². The highest BCUT2D eigenvalue weighted by Crippen LogP contribution is 2.38. The van der Waals surface area contributed by atoms with E-state index in [0.717, 1.165) is 13.1 Å². The number of nitrogens with zero attached hydrogens (tertiary/aromatic N) is 2. The minimum absolute atomic E-state index is 0.00900. The second-order valence-corrected chi connectivity index (χ2v) is 5.81. The number of aliphatic carboxylic acids is 1. The normalized spacial score (nSPS) is 27.9. The van der Waals surface area contributed by atoms with Gasteiger partial charge in [0.1, 0.15) is 0 Å². The summed E-state index contributed by atoms with van der Waals surface area (Å²) in [5, 5.41) is 12.7. The average molecular weight is 269 g/mol. The maximum absolute atomic E-state index is 12.4. The minimum atomic E-state index is -0.780. The van der Waals surface area contributed by atoms with Crippen molar-refractivity contribution in [3.63, 3.8) is 0 Å². The molecule has 0 bridgehead atoms. The fourth-order valence-electron chi connectivity index (χ4n) is 2.95. The lowest BCUT2D eigenvalue weighted by molar-refractivity contribution is -0.150. The number of hydrogen-bond acceptors (Lipinski definition) is 3. The minimum Gasteiger partial charge on any atom is -0.481 e. The molecule has 1 atom stereocenters. The van der Waals surface area contributed by atoms with Crippen LogP contribution in [0.5, 0.6) is 0 Å². The van der Waals surface area contributed by atoms with Crippen molar-refractivity contribution in [3.05, 3.63) is 0 Å². The van der Waals surface area contributed by atoms with Gasteiger partial charge in [-0.2, -0.15) is 0 Å². The highest BCUT2D eigenvalue weighted by Gasteiger charge is 2.49. The molecule has 2 aliphatic rings. The quantitative estimate of drug-likeness (QED) is 0.763. The fourth-order valence-corrected chi connectivity index (χ4v) is 2.95. The Bertz CT molecular complexity index is 366. The SMILES string of the molecule is CC(C)C1(C(=O)O)CCN(C(=O)N2CCNCC2)C1. The maximum atomic E-state index is 12.4. The van der Waals surface area contributed by atoms with Crippen molar-refractivity contribution < 1.29 is 14.7 Å². The van der Waals surface area contributed by atoms with Crippen LogP contribution in [0.3, 0.4) is 0 Å². The van der Waals surface area contributed by atoms with Gasteiger partial charge in [-0.25, -0.2) is 4.79 Å². The Balaban J connectivity index is 2.04. The third-order valence-corrected chi connectivity index (χ3v) is 4.49. The predicted molar refractivity (Wildman–Crippen MR) is 70.9 cm³/mol. The van der Waals surface area contributed by atoms with Crippen LogP contribution in [-0.4, -0.2) is 66.2 Å². The number of carboxylic acids is 1. The lowest BCUT2D eigenvalue weighted by Gasteiger charge is -2.33. The van der Waals surface area contributed by atoms with E-state index in [1.807, 2.05) is 18.7 Å². The molecule has 0 radical (unpaired) electrons. The first-order valence-electron chi connectivity index (χ1n) is 6.95. The molecule has 19 heavy (non-hydrogen) atoms. The maximum Gasteiger partial charge on any atom is 0.320 e. The first-order chi connectivity index (χ1) is 8.97. The number of hydrogen-bond donors (Lipinski definition) is 2. The zero-order valence-electron chi connectivity index (χ0n) is 11.7. The van der Waals surface area contributed by atoms with Crippen LogP contribution in [0.2, 0.25) is 0 Å². The number of carbonyl (C=O) groups is 2. The van der Waals surface area contributed by atoms with E-state index in [1.165, 1.54) is 0 Å². The van der Waals surface area contributed by atoms with Crippen LogP contribution < -0.4 is 5.32 Å². The number of nitrogens with one attached hydrogen (secondary N) is 1. The smallest absolute Gasteiger partial charge is 0.320 e. The largest absolute Gasteiger partial charge is 0.481 e. The Morgan fingerprint density at radius 2 is 1.79 bits per heavy atom. The molecule has 0 saturated carbocycles. The number of carboxylic acid groups (broad SMARTS) is 1. The molecule has 2 N–H and O–H groups in total. The van der Waals surface area contributed by atoms with E-state index in [2.05, 4.69) is 5.32 Å². The second-order valence-electron chi connectivity index (χ2n) is 5.81. The van der Waals surface area contributed by atoms with Crippen molar-refractivity contribution in [1.82, 2.24) is 15.1 Å². The lowest BCUT2D eigenvalue weighted by atomic mass is 9.76. The Morgan fingerprint density at radius 3 is 2.26 bits per heavy atom. The molecule has 2 aliphatic heterocycles. The number of urea groups is 1. The highest BCUT2D eigenvalue weighted by molar-refractivity contribution is 5.80. The molecule has 2 fully saturated rings. The van der Waals surface area contributed by atoms with Gasteiger partial charge in [-0.3, -0.25) is 4.79 Å². The summed E-state index contributed by atoms with van der Waals surface area (Å²) in [5.74, 6) is -0.746. The molecule has 0 aromatic rings. The molecular formula is C13H23N3O3. The van der Waals surface area contributed by atoms with Gasteiger partial charge in [0.05, 0.1) is 5.41 Å². The van der Waals surface area contributed by atoms with Gasteiger partial charge >= 0.3 is 12.0 Å². The van der Waals surface area contributed by atoms with Crippen LogP contribution in [-0.2, 0) is 4.79 Å². The number of carbonyl (C=O) groups excluding carboxylic acids is 1. The molecule has 2 amide bonds. The van der Waals surface area contributed by atoms with E-state index in [4.69, 9.17) is 0 Å². The van der Waals surface area contributed by atoms with Crippen molar-refractivity contribution in [2.75, 3.05) is 39.3 Å². The molecule has 0 aromatic heterocycles. The number of likely N-dealkylation sites (tertiary alicyclic amines) is 1. The van der Waals surface area contributed by atoms with E-state index >= 15 is 0 Å². The monoisotopic (exact) mass is 269 g/mol. The summed E-state index contributed by atoms with van der Waals surface area (Å²) in [7, 11) is 0. The summed E-state index contributed by atoms with van der Waals surface area (Å²) in [5.41, 5.74) is -0.774. The Morgan fingerprint density at radius 1 is 1.16 bits per heavy atom. The second kappa shape index (κ2) is 5.36. The number of amides is 2. The summed E-state index contributed by atoms with van der Waals surface area (Å²) in [6.07, 6.45) is 0.553. The molecular weight excluding hydrogens is 246 g/mol. The van der Waals surface area contributed by atoms with Crippen LogP contribution in [0.25, 0.3) is 0 Å². The molecule has 0 spiro atoms. The van der Waals surface area contributed by atoms with Gasteiger partial charge in [-0.15, -0.1) is 0 Å². The first-order valence-corrected chi connectivity index (χ1v) is 6.95. The average Bonchev–Trinajstić information content (AvgIpc) is 2.85. The van der Waals surface area contributed by atoms with Crippen LogP contribution in [0.1, 0.15) is 20.3 Å². The van der Waals surface area contributed by atoms with Crippen molar-refractivity contribution in [2.24, 2.45) is 11.3 Å². The summed E-state index contributed by atoms with van der Waals surface area (Å²) in [6.45, 7) is 7.77. The van der Waals surface area contributed by atoms with Crippen LogP contribution in [0.4, 0.5) is 4.79 Å². The third kappa shape index (κ3) is 2.54. The van der Waals surface area contributed by atoms with Gasteiger partial charge < -0.3 is 20.2 Å². The summed E-state index contributed by atoms with van der Waals surface area (Å²) in [4.78, 5) is 27.4. The summed E-state index contributed by atoms with van der Waals surface area (Å²) in [6, 6.07) is -0.00900. The fraction of sp³-hybridized carbons (Fsp3) is 0.846. The van der Waals surface area contributed by atoms with Gasteiger partial charge in [0, 0.05) is 39.3 Å². The Labute approximate surface area is 113 Å². The molecule has 6 heteroatoms. The molecule has 1 unspecified atom stereocenters. The van der Waals surface area contributed by atoms with E-state index in [0.29, 0.717) is 32.6 Å². The van der Waals surface area contributed by atoms with Crippen LogP contribution in [0.15, 0.2) is 0 Å². The first kappa shape index (κ1) is 14.1. The van der Waals surface area contributed by atoms with Crippen molar-refractivity contribution >= 4 is 12.0 Å². The zero-order valence-corrected chi connectivity index (χ0v) is 11.7. The Kier molecular flexibility index (Phi) is 3.99. The van der Waals surface area contributed by atoms with E-state index < -0.39 is 11.4 Å². The molecule has 2 heterocycles. The summed E-state index contributed by atoms with van der Waals surface area (Å²) >= 11 is 0. The van der Waals surface area contributed by atoms with Gasteiger partial charge in [-0.05, 0) is 12.3 Å². The number of rotatable bonds is 2. The molecule has 2 saturated heterocycles. The van der Waals surface area contributed by atoms with E-state index in [-0.39, 0.29) is 11.9 Å². The van der Waals surface area contributed by atoms with Gasteiger partial charge in [-0.1, -0.05) is 13.8 Å². The van der Waals surface area contributed by atoms with Crippen LogP contribution >= 0.6 is 0 Å². The highest BCUT2D eigenvalue weighted by atomic mass is 16.4. The van der Waals surface area contributed by atoms with E-state index in [9.17, 15) is 14.7 Å².